The van der Waals surface area contributed by atoms with E-state index in [1.165, 1.54) is 13.8 Å². The van der Waals surface area contributed by atoms with Crippen LogP contribution in [0.2, 0.25) is 0 Å². The minimum atomic E-state index is -4.43. The lowest BCUT2D eigenvalue weighted by Crippen LogP contribution is -2.50. The van der Waals surface area contributed by atoms with Crippen molar-refractivity contribution in [1.82, 2.24) is 19.7 Å². The van der Waals surface area contributed by atoms with Crippen molar-refractivity contribution >= 4 is 19.6 Å². The normalized spacial score (nSPS) is 28.3. The lowest BCUT2D eigenvalue weighted by Gasteiger charge is -2.29. The summed E-state index contributed by atoms with van der Waals surface area (Å²) in [6.45, 7) is 3.40. The summed E-state index contributed by atoms with van der Waals surface area (Å²) in [4.78, 5) is 49.0. The van der Waals surface area contributed by atoms with Crippen molar-refractivity contribution in [2.75, 3.05) is 26.4 Å². The molecule has 2 heterocycles. The van der Waals surface area contributed by atoms with Gasteiger partial charge in [-0.2, -0.15) is 0 Å². The van der Waals surface area contributed by atoms with E-state index < -0.39 is 73.8 Å². The molecule has 17 heteroatoms. The highest BCUT2D eigenvalue weighted by Gasteiger charge is 2.63. The quantitative estimate of drug-likeness (QED) is 0.154. The molecule has 1 aromatic heterocycles. The molecule has 0 aliphatic carbocycles. The first-order valence-corrected chi connectivity index (χ1v) is 12.5. The van der Waals surface area contributed by atoms with Crippen LogP contribution >= 0.6 is 7.67 Å². The molecule has 1 aliphatic rings. The van der Waals surface area contributed by atoms with Crippen molar-refractivity contribution in [3.63, 3.8) is 0 Å². The van der Waals surface area contributed by atoms with Gasteiger partial charge in [-0.3, -0.25) is 33.0 Å². The van der Waals surface area contributed by atoms with Gasteiger partial charge in [-0.25, -0.2) is 19.4 Å². The van der Waals surface area contributed by atoms with Crippen molar-refractivity contribution in [3.8, 4) is 0 Å². The second kappa shape index (κ2) is 11.7. The predicted molar refractivity (Wildman–Crippen MR) is 119 cm³/mol. The molecule has 0 saturated carbocycles. The fraction of sp³-hybridized carbons (Fsp3) is 0.684. The van der Waals surface area contributed by atoms with E-state index in [1.54, 1.807) is 6.92 Å². The molecule has 0 aromatic carbocycles. The molecule has 1 fully saturated rings. The minimum absolute atomic E-state index is 0.0144. The first-order chi connectivity index (χ1) is 16.7. The number of carbonyl (C=O) groups is 2. The Kier molecular flexibility index (Phi) is 9.70. The van der Waals surface area contributed by atoms with Gasteiger partial charge in [0.25, 0.3) is 11.4 Å². The number of aromatic nitrogens is 2. The molecule has 1 saturated heterocycles. The number of nitrogens with zero attached hydrogens (tertiary/aromatic N) is 1. The molecule has 1 aromatic rings. The summed E-state index contributed by atoms with van der Waals surface area (Å²) in [5, 5.41) is 25.7. The highest BCUT2D eigenvalue weighted by atomic mass is 31.2. The zero-order valence-electron chi connectivity index (χ0n) is 20.1. The average Bonchev–Trinajstić information content (AvgIpc) is 2.97. The number of carbonyl (C=O) groups excluding carboxylic acids is 2. The summed E-state index contributed by atoms with van der Waals surface area (Å²) >= 11 is 0. The summed E-state index contributed by atoms with van der Waals surface area (Å²) in [7, 11) is -4.43. The Balaban J connectivity index is 2.27. The number of hydrogen-bond acceptors (Lipinski definition) is 11. The Morgan fingerprint density at radius 3 is 2.56 bits per heavy atom. The SMILES string of the molecule is CCOC(=O)CNP(=O)(N[C@@H](C)C(=O)OCC)OC[C@@]1(F)O[C@@H](n2ccc(=O)[nH]c2=O)[C@](C)(O)[C@@H]1O. The maximum absolute atomic E-state index is 15.7. The van der Waals surface area contributed by atoms with Gasteiger partial charge in [-0.05, 0) is 27.7 Å². The molecule has 1 aliphatic heterocycles. The molecule has 2 rings (SSSR count). The number of aliphatic hydroxyl groups is 2. The Labute approximate surface area is 204 Å². The molecular weight excluding hydrogens is 510 g/mol. The predicted octanol–water partition coefficient (Wildman–Crippen LogP) is -1.34. The third-order valence-corrected chi connectivity index (χ3v) is 6.85. The van der Waals surface area contributed by atoms with Crippen LogP contribution in [0.4, 0.5) is 4.39 Å². The summed E-state index contributed by atoms with van der Waals surface area (Å²) in [5.41, 5.74) is -4.25. The van der Waals surface area contributed by atoms with Crippen LogP contribution in [-0.2, 0) is 32.9 Å². The fourth-order valence-corrected chi connectivity index (χ4v) is 4.83. The van der Waals surface area contributed by atoms with Crippen LogP contribution in [0.15, 0.2) is 21.9 Å². The van der Waals surface area contributed by atoms with E-state index in [-0.39, 0.29) is 13.2 Å². The minimum Gasteiger partial charge on any atom is -0.465 e. The lowest BCUT2D eigenvalue weighted by molar-refractivity contribution is -0.203. The Morgan fingerprint density at radius 2 is 1.97 bits per heavy atom. The Morgan fingerprint density at radius 1 is 1.33 bits per heavy atom. The van der Waals surface area contributed by atoms with Crippen LogP contribution in [0.25, 0.3) is 0 Å². The van der Waals surface area contributed by atoms with E-state index in [1.807, 2.05) is 4.98 Å². The average molecular weight is 540 g/mol. The van der Waals surface area contributed by atoms with Crippen LogP contribution in [-0.4, -0.2) is 81.7 Å². The van der Waals surface area contributed by atoms with Gasteiger partial charge in [0.2, 0.25) is 0 Å². The molecule has 5 N–H and O–H groups in total. The number of alkyl halides is 1. The van der Waals surface area contributed by atoms with E-state index in [0.717, 1.165) is 19.2 Å². The van der Waals surface area contributed by atoms with E-state index in [0.29, 0.717) is 4.57 Å². The third kappa shape index (κ3) is 6.85. The van der Waals surface area contributed by atoms with Gasteiger partial charge >= 0.3 is 25.3 Å². The van der Waals surface area contributed by atoms with Crippen molar-refractivity contribution in [3.05, 3.63) is 33.1 Å². The van der Waals surface area contributed by atoms with Crippen molar-refractivity contribution in [1.29, 1.82) is 0 Å². The molecular formula is C19H30FN4O11P. The van der Waals surface area contributed by atoms with Crippen LogP contribution in [0, 0.1) is 0 Å². The van der Waals surface area contributed by atoms with Crippen LogP contribution in [0.3, 0.4) is 0 Å². The molecule has 204 valence electrons. The van der Waals surface area contributed by atoms with Crippen molar-refractivity contribution < 1.29 is 47.5 Å². The standard InChI is InChI=1S/C19H30FN4O11P/c1-5-32-13(26)9-21-36(31,23-11(3)14(27)33-6-2)34-10-19(20)15(28)18(4,30)16(35-19)24-8-7-12(25)22-17(24)29/h7-8,11,15-16,28,30H,5-6,9-10H2,1-4H3,(H2,21,23,31)(H,22,25,29)/t11-,15-,16+,18+,19+,36?/m0/s1. The second-order valence-corrected chi connectivity index (χ2v) is 9.91. The maximum Gasteiger partial charge on any atom is 0.342 e. The number of esters is 2. The van der Waals surface area contributed by atoms with E-state index in [4.69, 9.17) is 18.7 Å². The van der Waals surface area contributed by atoms with E-state index in [9.17, 15) is 34.0 Å². The monoisotopic (exact) mass is 540 g/mol. The van der Waals surface area contributed by atoms with Gasteiger partial charge in [-0.15, -0.1) is 0 Å². The maximum atomic E-state index is 15.7. The van der Waals surface area contributed by atoms with Gasteiger partial charge in [0, 0.05) is 12.3 Å². The number of aromatic amines is 1. The molecule has 0 amide bonds. The number of H-pyrrole nitrogens is 1. The van der Waals surface area contributed by atoms with Gasteiger partial charge < -0.3 is 24.4 Å². The molecule has 0 spiro atoms. The molecule has 15 nitrogen and oxygen atoms in total. The summed E-state index contributed by atoms with van der Waals surface area (Å²) in [6.07, 6.45) is -3.24. The van der Waals surface area contributed by atoms with Crippen LogP contribution in [0.5, 0.6) is 0 Å². The zero-order valence-corrected chi connectivity index (χ0v) is 21.0. The largest absolute Gasteiger partial charge is 0.465 e. The van der Waals surface area contributed by atoms with E-state index >= 15 is 4.39 Å². The van der Waals surface area contributed by atoms with E-state index in [2.05, 4.69) is 10.2 Å². The van der Waals surface area contributed by atoms with Crippen molar-refractivity contribution in [2.45, 2.75) is 57.5 Å². The van der Waals surface area contributed by atoms with Gasteiger partial charge in [0.1, 0.15) is 30.9 Å². The number of nitrogens with one attached hydrogen (secondary N) is 3. The first kappa shape index (κ1) is 29.8. The van der Waals surface area contributed by atoms with Crippen LogP contribution < -0.4 is 21.4 Å². The number of rotatable bonds is 12. The summed E-state index contributed by atoms with van der Waals surface area (Å²) in [5.74, 6) is -4.90. The third-order valence-electron chi connectivity index (χ3n) is 5.06. The number of aliphatic hydroxyl groups excluding tert-OH is 1. The Hall–Kier alpha value is -2.46. The topological polar surface area (TPSA) is 208 Å². The summed E-state index contributed by atoms with van der Waals surface area (Å²) in [6, 6.07) is -0.332. The van der Waals surface area contributed by atoms with Crippen LogP contribution in [0.1, 0.15) is 33.9 Å². The number of ether oxygens (including phenoxy) is 3. The smallest absolute Gasteiger partial charge is 0.342 e. The molecule has 36 heavy (non-hydrogen) atoms. The van der Waals surface area contributed by atoms with Gasteiger partial charge in [0.05, 0.1) is 13.2 Å². The molecule has 0 bridgehead atoms. The van der Waals surface area contributed by atoms with Gasteiger partial charge in [-0.1, -0.05) is 0 Å². The number of halogens is 1. The highest BCUT2D eigenvalue weighted by molar-refractivity contribution is 7.54. The second-order valence-electron chi connectivity index (χ2n) is 7.97. The first-order valence-electron chi connectivity index (χ1n) is 10.9. The van der Waals surface area contributed by atoms with Crippen molar-refractivity contribution in [2.24, 2.45) is 0 Å². The summed E-state index contributed by atoms with van der Waals surface area (Å²) < 4.78 is 49.5. The van der Waals surface area contributed by atoms with Gasteiger partial charge in [0.15, 0.2) is 6.23 Å². The molecule has 0 radical (unpaired) electrons. The lowest BCUT2D eigenvalue weighted by atomic mass is 9.95. The number of hydrogen-bond donors (Lipinski definition) is 5. The fourth-order valence-electron chi connectivity index (χ4n) is 3.27. The molecule has 1 unspecified atom stereocenters. The molecule has 6 atom stereocenters. The highest BCUT2D eigenvalue weighted by Crippen LogP contribution is 2.47. The Bertz CT molecular complexity index is 1110. The zero-order chi connectivity index (χ0) is 27.3.